The third-order valence-corrected chi connectivity index (χ3v) is 6.42. The number of rotatable bonds is 11. The number of ketones is 1. The lowest BCUT2D eigenvalue weighted by molar-refractivity contribution is -0.122. The van der Waals surface area contributed by atoms with Gasteiger partial charge in [-0.05, 0) is 25.2 Å². The highest BCUT2D eigenvalue weighted by atomic mass is 32.2. The summed E-state index contributed by atoms with van der Waals surface area (Å²) in [6, 6.07) is -0.413. The van der Waals surface area contributed by atoms with Gasteiger partial charge in [-0.15, -0.1) is 10.2 Å². The molecule has 0 saturated heterocycles. The van der Waals surface area contributed by atoms with Crippen LogP contribution in [0.3, 0.4) is 0 Å². The third-order valence-electron chi connectivity index (χ3n) is 5.62. The lowest BCUT2D eigenvalue weighted by atomic mass is 9.91. The van der Waals surface area contributed by atoms with Crippen molar-refractivity contribution in [2.45, 2.75) is 69.7 Å². The maximum atomic E-state index is 13.2. The molecule has 1 unspecified atom stereocenters. The van der Waals surface area contributed by atoms with E-state index >= 15 is 0 Å². The van der Waals surface area contributed by atoms with Crippen molar-refractivity contribution in [1.82, 2.24) is 20.0 Å². The molecule has 1 amide bonds. The fourth-order valence-corrected chi connectivity index (χ4v) is 4.84. The number of nitrogens with zero attached hydrogens (tertiary/aromatic N) is 4. The summed E-state index contributed by atoms with van der Waals surface area (Å²) in [4.78, 5) is 29.2. The Morgan fingerprint density at radius 3 is 2.66 bits per heavy atom. The fourth-order valence-electron chi connectivity index (χ4n) is 4.08. The van der Waals surface area contributed by atoms with Crippen molar-refractivity contribution in [3.63, 3.8) is 0 Å². The van der Waals surface area contributed by atoms with Crippen LogP contribution in [-0.4, -0.2) is 69.7 Å². The van der Waals surface area contributed by atoms with Crippen LogP contribution in [0.5, 0.6) is 0 Å². The Kier molecular flexibility index (Phi) is 8.29. The molecule has 29 heavy (non-hydrogen) atoms. The summed E-state index contributed by atoms with van der Waals surface area (Å²) in [5, 5.41) is 8.46. The van der Waals surface area contributed by atoms with Crippen molar-refractivity contribution < 1.29 is 14.0 Å². The van der Waals surface area contributed by atoms with Crippen LogP contribution in [0.25, 0.3) is 0 Å². The average Bonchev–Trinajstić information content (AvgIpc) is 3.40. The van der Waals surface area contributed by atoms with Crippen molar-refractivity contribution in [2.75, 3.05) is 25.4 Å². The van der Waals surface area contributed by atoms with Crippen molar-refractivity contribution in [2.24, 2.45) is 5.92 Å². The van der Waals surface area contributed by atoms with Crippen LogP contribution in [0.4, 0.5) is 0 Å². The minimum absolute atomic E-state index is 0.0173. The van der Waals surface area contributed by atoms with E-state index in [0.29, 0.717) is 11.6 Å². The van der Waals surface area contributed by atoms with Gasteiger partial charge in [0.15, 0.2) is 0 Å². The Morgan fingerprint density at radius 1 is 1.28 bits per heavy atom. The quantitative estimate of drug-likeness (QED) is 0.235. The first-order chi connectivity index (χ1) is 14.1. The van der Waals surface area contributed by atoms with Gasteiger partial charge in [-0.1, -0.05) is 57.0 Å². The lowest BCUT2D eigenvalue weighted by Gasteiger charge is -2.36. The molecule has 3 rings (SSSR count). The van der Waals surface area contributed by atoms with Crippen LogP contribution >= 0.6 is 11.8 Å². The van der Waals surface area contributed by atoms with E-state index in [1.54, 1.807) is 4.90 Å². The highest BCUT2D eigenvalue weighted by Gasteiger charge is 2.35. The molecule has 1 aromatic rings. The molecule has 1 aliphatic carbocycles. The van der Waals surface area contributed by atoms with Crippen LogP contribution < -0.4 is 0 Å². The zero-order valence-corrected chi connectivity index (χ0v) is 18.3. The topological polar surface area (TPSA) is 79.5 Å². The second-order valence-corrected chi connectivity index (χ2v) is 9.35. The molecule has 2 aliphatic rings. The summed E-state index contributed by atoms with van der Waals surface area (Å²) in [6.07, 6.45) is 11.1. The second-order valence-electron chi connectivity index (χ2n) is 8.31. The molecule has 0 spiro atoms. The number of thioether (sulfide) groups is 1. The Bertz CT molecular complexity index is 692. The Labute approximate surface area is 177 Å². The first-order valence-electron chi connectivity index (χ1n) is 10.7. The van der Waals surface area contributed by atoms with Gasteiger partial charge in [-0.2, -0.15) is 0 Å². The molecule has 0 radical (unpaired) electrons. The molecule has 160 valence electrons. The van der Waals surface area contributed by atoms with Gasteiger partial charge in [0, 0.05) is 31.4 Å². The average molecular weight is 421 g/mol. The largest absolute Gasteiger partial charge is 0.408 e. The van der Waals surface area contributed by atoms with Gasteiger partial charge >= 0.3 is 0 Å². The maximum absolute atomic E-state index is 13.2. The van der Waals surface area contributed by atoms with Crippen molar-refractivity contribution in [1.29, 1.82) is 0 Å². The fraction of sp³-hybridized carbons (Fsp3) is 0.714. The number of Topliss-reactive ketones (excluding diaryl/α,β-unsaturated/α-hetero) is 1. The molecular weight excluding hydrogens is 388 g/mol. The summed E-state index contributed by atoms with van der Waals surface area (Å²) in [5.74, 6) is 0.888. The van der Waals surface area contributed by atoms with Crippen LogP contribution in [0.15, 0.2) is 21.8 Å². The zero-order valence-electron chi connectivity index (χ0n) is 17.5. The molecule has 0 N–H and O–H groups in total. The third kappa shape index (κ3) is 6.15. The molecule has 8 heteroatoms. The summed E-state index contributed by atoms with van der Waals surface area (Å²) in [5.41, 5.74) is 0. The number of hydrogen-bond acceptors (Lipinski definition) is 7. The summed E-state index contributed by atoms with van der Waals surface area (Å²) < 4.78 is 5.67. The molecule has 1 atom stereocenters. The summed E-state index contributed by atoms with van der Waals surface area (Å²) in [6.45, 7) is 7.01. The Hall–Kier alpha value is -1.67. The smallest absolute Gasteiger partial charge is 0.286 e. The number of carbonyl (C=O) groups excluding carboxylic acids is 2. The molecule has 0 bridgehead atoms. The monoisotopic (exact) mass is 420 g/mol. The number of amides is 1. The van der Waals surface area contributed by atoms with Crippen LogP contribution in [0.1, 0.15) is 63.1 Å². The molecule has 1 aromatic heterocycles. The van der Waals surface area contributed by atoms with Gasteiger partial charge in [-0.25, -0.2) is 0 Å². The summed E-state index contributed by atoms with van der Waals surface area (Å²) >= 11 is 1.47. The van der Waals surface area contributed by atoms with E-state index in [0.717, 1.165) is 57.5 Å². The number of hydrogen-bond donors (Lipinski definition) is 0. The van der Waals surface area contributed by atoms with Crippen molar-refractivity contribution in [3.8, 4) is 0 Å². The van der Waals surface area contributed by atoms with E-state index in [9.17, 15) is 9.59 Å². The zero-order chi connectivity index (χ0) is 20.6. The standard InChI is InChI=1S/C21H32N4O3S/c1-16(2)14-18(25(15-26)17-8-4-3-5-9-17)19(27)20-22-23-21(28-20)29-13-12-24-10-6-7-11-24/h6-7,15-18H,3-5,8-14H2,1-2H3. The second kappa shape index (κ2) is 10.9. The minimum atomic E-state index is -0.537. The summed E-state index contributed by atoms with van der Waals surface area (Å²) in [7, 11) is 0. The van der Waals surface area contributed by atoms with Gasteiger partial charge in [0.05, 0.1) is 0 Å². The SMILES string of the molecule is CC(C)CC(C(=O)c1nnc(SCCN2CC=CC2)o1)N(C=O)C1CCCCC1. The van der Waals surface area contributed by atoms with E-state index in [2.05, 4.69) is 41.1 Å². The normalized spacial score (nSPS) is 19.0. The lowest BCUT2D eigenvalue weighted by Crippen LogP contribution is -2.48. The first-order valence-corrected chi connectivity index (χ1v) is 11.7. The predicted octanol–water partition coefficient (Wildman–Crippen LogP) is 3.42. The van der Waals surface area contributed by atoms with Crippen LogP contribution in [-0.2, 0) is 4.79 Å². The van der Waals surface area contributed by atoms with Crippen LogP contribution in [0, 0.1) is 5.92 Å². The van der Waals surface area contributed by atoms with Gasteiger partial charge in [-0.3, -0.25) is 14.5 Å². The van der Waals surface area contributed by atoms with Gasteiger partial charge in [0.25, 0.3) is 11.1 Å². The molecule has 7 nitrogen and oxygen atoms in total. The maximum Gasteiger partial charge on any atom is 0.286 e. The highest BCUT2D eigenvalue weighted by molar-refractivity contribution is 7.99. The van der Waals surface area contributed by atoms with Crippen molar-refractivity contribution >= 4 is 24.0 Å². The highest BCUT2D eigenvalue weighted by Crippen LogP contribution is 2.27. The van der Waals surface area contributed by atoms with E-state index in [1.807, 2.05) is 0 Å². The van der Waals surface area contributed by atoms with Crippen molar-refractivity contribution in [3.05, 3.63) is 18.0 Å². The van der Waals surface area contributed by atoms with Gasteiger partial charge in [0.1, 0.15) is 6.04 Å². The molecule has 1 aliphatic heterocycles. The van der Waals surface area contributed by atoms with Crippen LogP contribution in [0.2, 0.25) is 0 Å². The first kappa shape index (κ1) is 22.0. The molecule has 1 fully saturated rings. The molecule has 2 heterocycles. The van der Waals surface area contributed by atoms with Gasteiger partial charge < -0.3 is 9.32 Å². The number of carbonyl (C=O) groups is 2. The molecule has 1 saturated carbocycles. The Morgan fingerprint density at radius 2 is 2.00 bits per heavy atom. The minimum Gasteiger partial charge on any atom is -0.408 e. The predicted molar refractivity (Wildman–Crippen MR) is 113 cm³/mol. The number of aromatic nitrogens is 2. The van der Waals surface area contributed by atoms with E-state index < -0.39 is 6.04 Å². The molecular formula is C21H32N4O3S. The Balaban J connectivity index is 1.63. The molecule has 0 aromatic carbocycles. The van der Waals surface area contributed by atoms with E-state index in [4.69, 9.17) is 4.42 Å². The van der Waals surface area contributed by atoms with E-state index in [1.165, 1.54) is 18.2 Å². The van der Waals surface area contributed by atoms with E-state index in [-0.39, 0.29) is 23.6 Å². The van der Waals surface area contributed by atoms with Gasteiger partial charge in [0.2, 0.25) is 12.2 Å².